The van der Waals surface area contributed by atoms with Crippen molar-refractivity contribution in [2.75, 3.05) is 5.75 Å². The van der Waals surface area contributed by atoms with Gasteiger partial charge in [-0.3, -0.25) is 4.79 Å². The van der Waals surface area contributed by atoms with Crippen LogP contribution in [-0.4, -0.2) is 11.7 Å². The molecule has 0 fully saturated rings. The minimum absolute atomic E-state index is 0.00875. The summed E-state index contributed by atoms with van der Waals surface area (Å²) >= 11 is 5.09. The zero-order chi connectivity index (χ0) is 15.2. The van der Waals surface area contributed by atoms with Crippen molar-refractivity contribution in [3.8, 4) is 0 Å². The molecule has 4 heteroatoms. The third-order valence-corrected chi connectivity index (χ3v) is 5.10. The van der Waals surface area contributed by atoms with Crippen LogP contribution in [0, 0.1) is 6.92 Å². The fraction of sp³-hybridized carbons (Fsp3) is 0.235. The average molecular weight is 364 g/mol. The molecule has 0 bridgehead atoms. The van der Waals surface area contributed by atoms with E-state index in [4.69, 9.17) is 0 Å². The first-order chi connectivity index (χ1) is 10.1. The zero-order valence-corrected chi connectivity index (χ0v) is 14.5. The van der Waals surface area contributed by atoms with E-state index in [2.05, 4.69) is 34.2 Å². The number of carbonyl (C=O) groups excluding carboxylic acids is 1. The minimum Gasteiger partial charge on any atom is -0.349 e. The first kappa shape index (κ1) is 16.1. The second kappa shape index (κ2) is 7.66. The maximum Gasteiger partial charge on any atom is 0.230 e. The van der Waals surface area contributed by atoms with Gasteiger partial charge in [0.05, 0.1) is 11.8 Å². The molecule has 21 heavy (non-hydrogen) atoms. The van der Waals surface area contributed by atoms with E-state index < -0.39 is 0 Å². The van der Waals surface area contributed by atoms with E-state index in [0.717, 1.165) is 14.9 Å². The van der Waals surface area contributed by atoms with E-state index in [1.54, 1.807) is 11.8 Å². The van der Waals surface area contributed by atoms with Crippen LogP contribution >= 0.6 is 27.7 Å². The van der Waals surface area contributed by atoms with Gasteiger partial charge in [0.25, 0.3) is 0 Å². The van der Waals surface area contributed by atoms with E-state index in [9.17, 15) is 4.79 Å². The number of thioether (sulfide) groups is 1. The minimum atomic E-state index is -0.00875. The molecule has 0 spiro atoms. The largest absolute Gasteiger partial charge is 0.349 e. The summed E-state index contributed by atoms with van der Waals surface area (Å²) in [5.74, 6) is 0.478. The van der Waals surface area contributed by atoms with Crippen LogP contribution in [0.25, 0.3) is 0 Å². The van der Waals surface area contributed by atoms with Crippen molar-refractivity contribution in [1.29, 1.82) is 0 Å². The monoisotopic (exact) mass is 363 g/mol. The topological polar surface area (TPSA) is 29.1 Å². The van der Waals surface area contributed by atoms with Crippen LogP contribution in [0.1, 0.15) is 24.1 Å². The molecule has 2 nitrogen and oxygen atoms in total. The van der Waals surface area contributed by atoms with Crippen molar-refractivity contribution in [3.63, 3.8) is 0 Å². The molecule has 0 aliphatic carbocycles. The molecule has 0 aliphatic heterocycles. The number of benzene rings is 2. The van der Waals surface area contributed by atoms with E-state index in [0.29, 0.717) is 5.75 Å². The second-order valence-electron chi connectivity index (χ2n) is 4.86. The molecule has 0 aliphatic rings. The molecule has 110 valence electrons. The normalized spacial score (nSPS) is 12.0. The molecule has 0 saturated heterocycles. The van der Waals surface area contributed by atoms with E-state index in [1.165, 1.54) is 5.56 Å². The number of rotatable bonds is 5. The Morgan fingerprint density at radius 2 is 1.86 bits per heavy atom. The van der Waals surface area contributed by atoms with Crippen LogP contribution in [0.5, 0.6) is 0 Å². The van der Waals surface area contributed by atoms with Crippen molar-refractivity contribution < 1.29 is 4.79 Å². The van der Waals surface area contributed by atoms with Gasteiger partial charge in [0.2, 0.25) is 5.91 Å². The first-order valence-electron chi connectivity index (χ1n) is 6.80. The lowest BCUT2D eigenvalue weighted by Crippen LogP contribution is -2.28. The van der Waals surface area contributed by atoms with E-state index in [-0.39, 0.29) is 11.9 Å². The highest BCUT2D eigenvalue weighted by atomic mass is 79.9. The molecule has 2 aromatic rings. The van der Waals surface area contributed by atoms with Gasteiger partial charge in [-0.15, -0.1) is 11.8 Å². The van der Waals surface area contributed by atoms with Gasteiger partial charge in [0.15, 0.2) is 0 Å². The Kier molecular flexibility index (Phi) is 5.88. The molecule has 0 unspecified atom stereocenters. The summed E-state index contributed by atoms with van der Waals surface area (Å²) in [6.45, 7) is 4.06. The Balaban J connectivity index is 1.90. The van der Waals surface area contributed by atoms with Crippen LogP contribution in [0.15, 0.2) is 57.9 Å². The summed E-state index contributed by atoms with van der Waals surface area (Å²) in [5.41, 5.74) is 2.29. The van der Waals surface area contributed by atoms with Gasteiger partial charge >= 0.3 is 0 Å². The lowest BCUT2D eigenvalue weighted by atomic mass is 10.1. The molecule has 0 saturated carbocycles. The van der Waals surface area contributed by atoms with E-state index >= 15 is 0 Å². The molecule has 1 atom stereocenters. The molecule has 2 rings (SSSR count). The number of hydrogen-bond donors (Lipinski definition) is 1. The van der Waals surface area contributed by atoms with Crippen molar-refractivity contribution in [1.82, 2.24) is 5.32 Å². The average Bonchev–Trinajstić information content (AvgIpc) is 2.46. The van der Waals surface area contributed by atoms with Crippen LogP contribution in [0.4, 0.5) is 0 Å². The third-order valence-electron chi connectivity index (χ3n) is 3.20. The highest BCUT2D eigenvalue weighted by molar-refractivity contribution is 9.10. The summed E-state index contributed by atoms with van der Waals surface area (Å²) in [4.78, 5) is 13.2. The zero-order valence-electron chi connectivity index (χ0n) is 12.1. The SMILES string of the molecule is Cc1ccccc1SCC(=O)N[C@@H](C)c1ccccc1Br. The van der Waals surface area contributed by atoms with Gasteiger partial charge in [-0.2, -0.15) is 0 Å². The summed E-state index contributed by atoms with van der Waals surface area (Å²) in [7, 11) is 0. The van der Waals surface area contributed by atoms with Gasteiger partial charge < -0.3 is 5.32 Å². The number of nitrogens with one attached hydrogen (secondary N) is 1. The Bertz CT molecular complexity index is 630. The standard InChI is InChI=1S/C17H18BrNOS/c1-12-7-3-6-10-16(12)21-11-17(20)19-13(2)14-8-4-5-9-15(14)18/h3-10,13H,11H2,1-2H3,(H,19,20)/t13-/m0/s1. The Hall–Kier alpha value is -1.26. The molecule has 2 aromatic carbocycles. The fourth-order valence-electron chi connectivity index (χ4n) is 2.05. The number of hydrogen-bond acceptors (Lipinski definition) is 2. The second-order valence-corrected chi connectivity index (χ2v) is 6.74. The smallest absolute Gasteiger partial charge is 0.230 e. The number of halogens is 1. The highest BCUT2D eigenvalue weighted by Gasteiger charge is 2.12. The number of aryl methyl sites for hydroxylation is 1. The fourth-order valence-corrected chi connectivity index (χ4v) is 3.52. The van der Waals surface area contributed by atoms with Gasteiger partial charge in [0.1, 0.15) is 0 Å². The Morgan fingerprint density at radius 3 is 2.57 bits per heavy atom. The van der Waals surface area contributed by atoms with Crippen LogP contribution in [-0.2, 0) is 4.79 Å². The molecule has 1 N–H and O–H groups in total. The summed E-state index contributed by atoms with van der Waals surface area (Å²) in [6.07, 6.45) is 0. The molecular weight excluding hydrogens is 346 g/mol. The first-order valence-corrected chi connectivity index (χ1v) is 8.58. The van der Waals surface area contributed by atoms with Crippen molar-refractivity contribution in [2.24, 2.45) is 0 Å². The third kappa shape index (κ3) is 4.61. The van der Waals surface area contributed by atoms with Crippen LogP contribution in [0.3, 0.4) is 0 Å². The maximum atomic E-state index is 12.1. The van der Waals surface area contributed by atoms with Gasteiger partial charge in [0, 0.05) is 9.37 Å². The van der Waals surface area contributed by atoms with Gasteiger partial charge in [-0.25, -0.2) is 0 Å². The summed E-state index contributed by atoms with van der Waals surface area (Å²) < 4.78 is 1.02. The predicted molar refractivity (Wildman–Crippen MR) is 92.6 cm³/mol. The lowest BCUT2D eigenvalue weighted by Gasteiger charge is -2.16. The highest BCUT2D eigenvalue weighted by Crippen LogP contribution is 2.24. The predicted octanol–water partition coefficient (Wildman–Crippen LogP) is 4.73. The number of carbonyl (C=O) groups is 1. The van der Waals surface area contributed by atoms with Crippen molar-refractivity contribution in [3.05, 3.63) is 64.1 Å². The molecule has 1 amide bonds. The molecular formula is C17H18BrNOS. The van der Waals surface area contributed by atoms with Crippen molar-refractivity contribution >= 4 is 33.6 Å². The Labute approximate surface area is 138 Å². The summed E-state index contributed by atoms with van der Waals surface area (Å²) in [6, 6.07) is 16.1. The summed E-state index contributed by atoms with van der Waals surface area (Å²) in [5, 5.41) is 3.04. The molecule has 0 aromatic heterocycles. The van der Waals surface area contributed by atoms with Gasteiger partial charge in [-0.1, -0.05) is 52.3 Å². The quantitative estimate of drug-likeness (QED) is 0.778. The Morgan fingerprint density at radius 1 is 1.19 bits per heavy atom. The van der Waals surface area contributed by atoms with E-state index in [1.807, 2.05) is 49.4 Å². The van der Waals surface area contributed by atoms with Crippen LogP contribution < -0.4 is 5.32 Å². The molecule has 0 radical (unpaired) electrons. The lowest BCUT2D eigenvalue weighted by molar-refractivity contribution is -0.119. The molecule has 0 heterocycles. The van der Waals surface area contributed by atoms with Gasteiger partial charge in [-0.05, 0) is 37.1 Å². The van der Waals surface area contributed by atoms with Crippen molar-refractivity contribution in [2.45, 2.75) is 24.8 Å². The maximum absolute atomic E-state index is 12.1. The van der Waals surface area contributed by atoms with Crippen LogP contribution in [0.2, 0.25) is 0 Å². The number of amides is 1.